The van der Waals surface area contributed by atoms with Crippen molar-refractivity contribution in [2.24, 2.45) is 5.92 Å². The number of aromatic hydroxyl groups is 1. The lowest BCUT2D eigenvalue weighted by molar-refractivity contribution is 0.254. The van der Waals surface area contributed by atoms with Gasteiger partial charge in [0.1, 0.15) is 5.75 Å². The smallest absolute Gasteiger partial charge is 0.115 e. The molecule has 20 heavy (non-hydrogen) atoms. The number of phenols is 1. The summed E-state index contributed by atoms with van der Waals surface area (Å²) in [5.74, 6) is 1.33. The van der Waals surface area contributed by atoms with Crippen molar-refractivity contribution < 1.29 is 5.11 Å². The van der Waals surface area contributed by atoms with Crippen LogP contribution >= 0.6 is 0 Å². The highest BCUT2D eigenvalue weighted by Crippen LogP contribution is 2.34. The maximum atomic E-state index is 9.64. The van der Waals surface area contributed by atoms with Crippen LogP contribution in [0.15, 0.2) is 18.2 Å². The van der Waals surface area contributed by atoms with Crippen LogP contribution < -0.4 is 5.32 Å². The number of fused-ring (bicyclic) bond motifs is 1. The Morgan fingerprint density at radius 1 is 1.20 bits per heavy atom. The van der Waals surface area contributed by atoms with E-state index < -0.39 is 0 Å². The number of hydrogen-bond donors (Lipinski definition) is 2. The maximum Gasteiger partial charge on any atom is 0.115 e. The van der Waals surface area contributed by atoms with E-state index in [0.29, 0.717) is 17.8 Å². The van der Waals surface area contributed by atoms with E-state index >= 15 is 0 Å². The molecule has 0 bridgehead atoms. The molecule has 0 saturated heterocycles. The third kappa shape index (κ3) is 3.01. The first kappa shape index (κ1) is 13.9. The maximum absolute atomic E-state index is 9.64. The lowest BCUT2D eigenvalue weighted by atomic mass is 9.82. The summed E-state index contributed by atoms with van der Waals surface area (Å²) in [5, 5.41) is 13.6. The first-order chi connectivity index (χ1) is 9.76. The first-order valence-electron chi connectivity index (χ1n) is 8.34. The number of hydrogen-bond acceptors (Lipinski definition) is 2. The largest absolute Gasteiger partial charge is 0.508 e. The number of nitrogens with one attached hydrogen (secondary N) is 1. The molecular weight excluding hydrogens is 246 g/mol. The fourth-order valence-electron chi connectivity index (χ4n) is 4.07. The third-order valence-corrected chi connectivity index (χ3v) is 5.24. The van der Waals surface area contributed by atoms with Crippen LogP contribution in [0.1, 0.15) is 69.0 Å². The van der Waals surface area contributed by atoms with Crippen LogP contribution in [0.25, 0.3) is 0 Å². The van der Waals surface area contributed by atoms with Gasteiger partial charge in [-0.25, -0.2) is 0 Å². The molecule has 0 spiro atoms. The second-order valence-corrected chi connectivity index (χ2v) is 6.63. The summed E-state index contributed by atoms with van der Waals surface area (Å²) in [7, 11) is 0. The molecule has 1 aromatic rings. The van der Waals surface area contributed by atoms with E-state index in [2.05, 4.69) is 18.3 Å². The molecule has 2 aliphatic carbocycles. The molecule has 3 rings (SSSR count). The molecule has 1 aromatic carbocycles. The van der Waals surface area contributed by atoms with Gasteiger partial charge in [-0.3, -0.25) is 0 Å². The van der Waals surface area contributed by atoms with Crippen LogP contribution in [-0.4, -0.2) is 11.1 Å². The summed E-state index contributed by atoms with van der Waals surface area (Å²) in [6, 6.07) is 7.12. The van der Waals surface area contributed by atoms with E-state index in [1.54, 1.807) is 0 Å². The van der Waals surface area contributed by atoms with Gasteiger partial charge in [-0.2, -0.15) is 0 Å². The summed E-state index contributed by atoms with van der Waals surface area (Å²) >= 11 is 0. The normalized spacial score (nSPS) is 29.9. The summed E-state index contributed by atoms with van der Waals surface area (Å²) in [5.41, 5.74) is 2.77. The van der Waals surface area contributed by atoms with E-state index in [0.717, 1.165) is 12.3 Å². The minimum atomic E-state index is 0.410. The molecule has 1 saturated carbocycles. The topological polar surface area (TPSA) is 32.3 Å². The third-order valence-electron chi connectivity index (χ3n) is 5.24. The van der Waals surface area contributed by atoms with Gasteiger partial charge in [-0.05, 0) is 61.3 Å². The monoisotopic (exact) mass is 273 g/mol. The van der Waals surface area contributed by atoms with Crippen molar-refractivity contribution in [3.63, 3.8) is 0 Å². The van der Waals surface area contributed by atoms with Gasteiger partial charge in [0.25, 0.3) is 0 Å². The van der Waals surface area contributed by atoms with Crippen LogP contribution in [0.5, 0.6) is 5.75 Å². The van der Waals surface area contributed by atoms with Crippen LogP contribution in [0.3, 0.4) is 0 Å². The molecule has 0 aromatic heterocycles. The fraction of sp³-hybridized carbons (Fsp3) is 0.667. The minimum absolute atomic E-state index is 0.410. The highest BCUT2D eigenvalue weighted by atomic mass is 16.3. The molecule has 2 nitrogen and oxygen atoms in total. The predicted octanol–water partition coefficient (Wildman–Crippen LogP) is 4.33. The molecular formula is C18H27NO. The van der Waals surface area contributed by atoms with Gasteiger partial charge in [0, 0.05) is 12.1 Å². The van der Waals surface area contributed by atoms with Gasteiger partial charge in [-0.1, -0.05) is 32.3 Å². The van der Waals surface area contributed by atoms with Crippen molar-refractivity contribution in [1.82, 2.24) is 5.32 Å². The molecule has 3 atom stereocenters. The lowest BCUT2D eigenvalue weighted by Gasteiger charge is -2.35. The molecule has 0 amide bonds. The summed E-state index contributed by atoms with van der Waals surface area (Å²) in [6.45, 7) is 2.33. The Labute approximate surface area is 122 Å². The van der Waals surface area contributed by atoms with Crippen molar-refractivity contribution in [2.45, 2.75) is 70.4 Å². The SMILES string of the molecule is CCC1CCCC(NC2CCCc3cc(O)ccc32)C1. The van der Waals surface area contributed by atoms with Gasteiger partial charge >= 0.3 is 0 Å². The van der Waals surface area contributed by atoms with Gasteiger partial charge in [0.05, 0.1) is 0 Å². The van der Waals surface area contributed by atoms with Crippen molar-refractivity contribution in [3.8, 4) is 5.75 Å². The molecule has 3 unspecified atom stereocenters. The minimum Gasteiger partial charge on any atom is -0.508 e. The van der Waals surface area contributed by atoms with Crippen LogP contribution in [0, 0.1) is 5.92 Å². The summed E-state index contributed by atoms with van der Waals surface area (Å²) < 4.78 is 0. The Morgan fingerprint density at radius 3 is 2.95 bits per heavy atom. The standard InChI is InChI=1S/C18H27NO/c1-2-13-5-3-7-15(11-13)19-18-8-4-6-14-12-16(20)9-10-17(14)18/h9-10,12-13,15,18-20H,2-8,11H2,1H3. The van der Waals surface area contributed by atoms with E-state index in [1.165, 1.54) is 56.1 Å². The zero-order valence-electron chi connectivity index (χ0n) is 12.6. The average Bonchev–Trinajstić information content (AvgIpc) is 2.47. The lowest BCUT2D eigenvalue weighted by Crippen LogP contribution is -2.38. The molecule has 110 valence electrons. The van der Waals surface area contributed by atoms with Crippen molar-refractivity contribution in [1.29, 1.82) is 0 Å². The fourth-order valence-corrected chi connectivity index (χ4v) is 4.07. The van der Waals surface area contributed by atoms with Gasteiger partial charge < -0.3 is 10.4 Å². The zero-order valence-corrected chi connectivity index (χ0v) is 12.6. The highest BCUT2D eigenvalue weighted by molar-refractivity contribution is 5.38. The Hall–Kier alpha value is -1.02. The van der Waals surface area contributed by atoms with E-state index in [9.17, 15) is 5.11 Å². The molecule has 2 heteroatoms. The number of rotatable bonds is 3. The first-order valence-corrected chi connectivity index (χ1v) is 8.34. The molecule has 2 N–H and O–H groups in total. The zero-order chi connectivity index (χ0) is 13.9. The number of aryl methyl sites for hydroxylation is 1. The summed E-state index contributed by atoms with van der Waals surface area (Å²) in [4.78, 5) is 0. The Morgan fingerprint density at radius 2 is 2.10 bits per heavy atom. The Kier molecular flexibility index (Phi) is 4.30. The van der Waals surface area contributed by atoms with E-state index in [1.807, 2.05) is 12.1 Å². The van der Waals surface area contributed by atoms with Crippen LogP contribution in [0.4, 0.5) is 0 Å². The molecule has 2 aliphatic rings. The van der Waals surface area contributed by atoms with Crippen LogP contribution in [-0.2, 0) is 6.42 Å². The highest BCUT2D eigenvalue weighted by Gasteiger charge is 2.26. The second-order valence-electron chi connectivity index (χ2n) is 6.63. The summed E-state index contributed by atoms with van der Waals surface area (Å²) in [6.07, 6.45) is 10.4. The van der Waals surface area contributed by atoms with Gasteiger partial charge in [0.2, 0.25) is 0 Å². The van der Waals surface area contributed by atoms with Crippen LogP contribution in [0.2, 0.25) is 0 Å². The molecule has 0 aliphatic heterocycles. The average molecular weight is 273 g/mol. The molecule has 0 radical (unpaired) electrons. The number of benzene rings is 1. The second kappa shape index (κ2) is 6.17. The molecule has 1 fully saturated rings. The van der Waals surface area contributed by atoms with Crippen molar-refractivity contribution in [2.75, 3.05) is 0 Å². The number of phenolic OH excluding ortho intramolecular Hbond substituents is 1. The van der Waals surface area contributed by atoms with Gasteiger partial charge in [-0.15, -0.1) is 0 Å². The Balaban J connectivity index is 1.70. The quantitative estimate of drug-likeness (QED) is 0.859. The van der Waals surface area contributed by atoms with Crippen molar-refractivity contribution >= 4 is 0 Å². The molecule has 0 heterocycles. The van der Waals surface area contributed by atoms with E-state index in [-0.39, 0.29) is 0 Å². The van der Waals surface area contributed by atoms with Crippen molar-refractivity contribution in [3.05, 3.63) is 29.3 Å². The Bertz CT molecular complexity index is 457. The van der Waals surface area contributed by atoms with Gasteiger partial charge in [0.15, 0.2) is 0 Å². The van der Waals surface area contributed by atoms with E-state index in [4.69, 9.17) is 0 Å². The predicted molar refractivity (Wildman–Crippen MR) is 83.0 cm³/mol.